The molecule has 0 radical (unpaired) electrons. The third-order valence-corrected chi connectivity index (χ3v) is 6.58. The van der Waals surface area contributed by atoms with Gasteiger partial charge in [-0.15, -0.1) is 0 Å². The standard InChI is InChI=1S/C28H22Br2N2/c29-25-17-9-7-15-23(25)19-31-27(21-11-3-1-4-12-21)28(22-13-5-2-6-14-22)32-20-24-16-8-10-18-26(24)30/h1-20,27-28H. The molecule has 0 spiro atoms. The van der Waals surface area contributed by atoms with Crippen molar-refractivity contribution in [1.29, 1.82) is 0 Å². The molecule has 0 aliphatic rings. The number of benzene rings is 4. The normalized spacial score (nSPS) is 13.4. The number of aliphatic imine (C=N–C) groups is 2. The first kappa shape index (κ1) is 22.4. The van der Waals surface area contributed by atoms with Crippen LogP contribution in [0.1, 0.15) is 34.3 Å². The van der Waals surface area contributed by atoms with Crippen molar-refractivity contribution in [3.8, 4) is 0 Å². The van der Waals surface area contributed by atoms with Gasteiger partial charge in [-0.1, -0.05) is 129 Å². The second kappa shape index (κ2) is 11.2. The lowest BCUT2D eigenvalue weighted by molar-refractivity contribution is 0.583. The van der Waals surface area contributed by atoms with Gasteiger partial charge in [0.15, 0.2) is 0 Å². The molecule has 0 amide bonds. The predicted octanol–water partition coefficient (Wildman–Crippen LogP) is 8.23. The maximum atomic E-state index is 5.06. The molecular formula is C28H22Br2N2. The maximum absolute atomic E-state index is 5.06. The van der Waals surface area contributed by atoms with Crippen molar-refractivity contribution >= 4 is 44.3 Å². The molecule has 2 nitrogen and oxygen atoms in total. The number of halogens is 2. The van der Waals surface area contributed by atoms with Crippen molar-refractivity contribution in [2.45, 2.75) is 12.1 Å². The summed E-state index contributed by atoms with van der Waals surface area (Å²) in [5, 5.41) is 0. The van der Waals surface area contributed by atoms with E-state index in [4.69, 9.17) is 9.98 Å². The largest absolute Gasteiger partial charge is 0.282 e. The van der Waals surface area contributed by atoms with Gasteiger partial charge in [0.25, 0.3) is 0 Å². The van der Waals surface area contributed by atoms with E-state index < -0.39 is 0 Å². The summed E-state index contributed by atoms with van der Waals surface area (Å²) in [6.07, 6.45) is 3.87. The minimum atomic E-state index is -0.176. The van der Waals surface area contributed by atoms with Crippen LogP contribution in [0.4, 0.5) is 0 Å². The van der Waals surface area contributed by atoms with Gasteiger partial charge in [-0.3, -0.25) is 9.98 Å². The molecule has 0 aliphatic carbocycles. The van der Waals surface area contributed by atoms with E-state index in [0.717, 1.165) is 31.2 Å². The van der Waals surface area contributed by atoms with Crippen LogP contribution in [-0.4, -0.2) is 12.4 Å². The average Bonchev–Trinajstić information content (AvgIpc) is 2.84. The zero-order valence-corrected chi connectivity index (χ0v) is 20.5. The van der Waals surface area contributed by atoms with Crippen LogP contribution >= 0.6 is 31.9 Å². The van der Waals surface area contributed by atoms with Crippen LogP contribution in [0.3, 0.4) is 0 Å². The molecule has 0 heterocycles. The second-order valence-electron chi connectivity index (χ2n) is 7.31. The number of rotatable bonds is 7. The van der Waals surface area contributed by atoms with Crippen LogP contribution in [-0.2, 0) is 0 Å². The Morgan fingerprint density at radius 1 is 0.469 bits per heavy atom. The molecule has 0 fully saturated rings. The van der Waals surface area contributed by atoms with Crippen LogP contribution in [0, 0.1) is 0 Å². The summed E-state index contributed by atoms with van der Waals surface area (Å²) in [4.78, 5) is 10.1. The van der Waals surface area contributed by atoms with Crippen LogP contribution in [0.5, 0.6) is 0 Å². The number of nitrogens with zero attached hydrogens (tertiary/aromatic N) is 2. The lowest BCUT2D eigenvalue weighted by Crippen LogP contribution is -2.09. The van der Waals surface area contributed by atoms with Crippen LogP contribution in [0.2, 0.25) is 0 Å². The number of hydrogen-bond acceptors (Lipinski definition) is 2. The van der Waals surface area contributed by atoms with Gasteiger partial charge in [-0.25, -0.2) is 0 Å². The first-order valence-corrected chi connectivity index (χ1v) is 12.0. The van der Waals surface area contributed by atoms with E-state index in [1.54, 1.807) is 0 Å². The van der Waals surface area contributed by atoms with Crippen molar-refractivity contribution in [1.82, 2.24) is 0 Å². The molecule has 0 aliphatic heterocycles. The summed E-state index contributed by atoms with van der Waals surface area (Å²) >= 11 is 7.26. The van der Waals surface area contributed by atoms with E-state index in [1.807, 2.05) is 61.0 Å². The highest BCUT2D eigenvalue weighted by molar-refractivity contribution is 9.10. The highest BCUT2D eigenvalue weighted by atomic mass is 79.9. The van der Waals surface area contributed by atoms with Crippen molar-refractivity contribution in [2.24, 2.45) is 9.98 Å². The maximum Gasteiger partial charge on any atom is 0.101 e. The van der Waals surface area contributed by atoms with Gasteiger partial charge in [0, 0.05) is 32.5 Å². The predicted molar refractivity (Wildman–Crippen MR) is 142 cm³/mol. The average molecular weight is 546 g/mol. The third kappa shape index (κ3) is 5.70. The summed E-state index contributed by atoms with van der Waals surface area (Å²) in [5.74, 6) is 0. The molecule has 4 rings (SSSR count). The smallest absolute Gasteiger partial charge is 0.101 e. The van der Waals surface area contributed by atoms with E-state index in [-0.39, 0.29) is 12.1 Å². The Kier molecular flexibility index (Phi) is 7.81. The summed E-state index contributed by atoms with van der Waals surface area (Å²) in [6, 6.07) is 36.6. The lowest BCUT2D eigenvalue weighted by Gasteiger charge is -2.22. The Bertz CT molecular complexity index is 1110. The second-order valence-corrected chi connectivity index (χ2v) is 9.02. The minimum absolute atomic E-state index is 0.176. The molecule has 0 saturated carbocycles. The molecule has 0 saturated heterocycles. The summed E-state index contributed by atoms with van der Waals surface area (Å²) < 4.78 is 2.03. The minimum Gasteiger partial charge on any atom is -0.282 e. The van der Waals surface area contributed by atoms with Crippen LogP contribution in [0.25, 0.3) is 0 Å². The van der Waals surface area contributed by atoms with Gasteiger partial charge in [0.1, 0.15) is 12.1 Å². The molecule has 32 heavy (non-hydrogen) atoms. The fraction of sp³-hybridized carbons (Fsp3) is 0.0714. The van der Waals surface area contributed by atoms with Crippen molar-refractivity contribution in [3.05, 3.63) is 140 Å². The molecule has 0 N–H and O–H groups in total. The first-order valence-electron chi connectivity index (χ1n) is 10.4. The SMILES string of the molecule is Brc1ccccc1C=NC(c1ccccc1)C(N=Cc1ccccc1Br)c1ccccc1. The van der Waals surface area contributed by atoms with Gasteiger partial charge in [0.05, 0.1) is 0 Å². The molecule has 2 unspecified atom stereocenters. The van der Waals surface area contributed by atoms with Crippen molar-refractivity contribution in [2.75, 3.05) is 0 Å². The zero-order chi connectivity index (χ0) is 22.2. The van der Waals surface area contributed by atoms with E-state index in [9.17, 15) is 0 Å². The molecular weight excluding hydrogens is 524 g/mol. The fourth-order valence-corrected chi connectivity index (χ4v) is 4.26. The lowest BCUT2D eigenvalue weighted by atomic mass is 9.94. The van der Waals surface area contributed by atoms with Crippen LogP contribution < -0.4 is 0 Å². The van der Waals surface area contributed by atoms with E-state index in [0.29, 0.717) is 0 Å². The molecule has 4 aromatic rings. The Hall–Kier alpha value is -2.82. The zero-order valence-electron chi connectivity index (χ0n) is 17.4. The fourth-order valence-electron chi connectivity index (χ4n) is 3.48. The number of hydrogen-bond donors (Lipinski definition) is 0. The Labute approximate surface area is 206 Å². The van der Waals surface area contributed by atoms with Crippen molar-refractivity contribution < 1.29 is 0 Å². The first-order chi connectivity index (χ1) is 15.7. The summed E-state index contributed by atoms with van der Waals surface area (Å²) in [7, 11) is 0. The quantitative estimate of drug-likeness (QED) is 0.209. The monoisotopic (exact) mass is 544 g/mol. The van der Waals surface area contributed by atoms with E-state index >= 15 is 0 Å². The van der Waals surface area contributed by atoms with Crippen LogP contribution in [0.15, 0.2) is 128 Å². The molecule has 158 valence electrons. The van der Waals surface area contributed by atoms with E-state index in [2.05, 4.69) is 92.5 Å². The van der Waals surface area contributed by atoms with Gasteiger partial charge < -0.3 is 0 Å². The van der Waals surface area contributed by atoms with E-state index in [1.165, 1.54) is 0 Å². The highest BCUT2D eigenvalue weighted by Crippen LogP contribution is 2.36. The molecule has 2 atom stereocenters. The summed E-state index contributed by atoms with van der Waals surface area (Å²) in [5.41, 5.74) is 4.31. The Morgan fingerprint density at radius 2 is 0.812 bits per heavy atom. The molecule has 0 bridgehead atoms. The van der Waals surface area contributed by atoms with Gasteiger partial charge in [0.2, 0.25) is 0 Å². The highest BCUT2D eigenvalue weighted by Gasteiger charge is 2.23. The topological polar surface area (TPSA) is 24.7 Å². The molecule has 4 aromatic carbocycles. The Balaban J connectivity index is 1.79. The van der Waals surface area contributed by atoms with Gasteiger partial charge in [-0.2, -0.15) is 0 Å². The molecule has 0 aromatic heterocycles. The van der Waals surface area contributed by atoms with Gasteiger partial charge >= 0.3 is 0 Å². The van der Waals surface area contributed by atoms with Crippen molar-refractivity contribution in [3.63, 3.8) is 0 Å². The Morgan fingerprint density at radius 3 is 1.19 bits per heavy atom. The third-order valence-electron chi connectivity index (χ3n) is 5.14. The summed E-state index contributed by atoms with van der Waals surface area (Å²) in [6.45, 7) is 0. The van der Waals surface area contributed by atoms with Gasteiger partial charge in [-0.05, 0) is 23.3 Å². The molecule has 4 heteroatoms.